The minimum Gasteiger partial charge on any atom is -0.480 e. The third kappa shape index (κ3) is 3.83. The van der Waals surface area contributed by atoms with Crippen molar-refractivity contribution in [2.24, 2.45) is 7.05 Å². The van der Waals surface area contributed by atoms with Crippen LogP contribution in [0.2, 0.25) is 0 Å². The molecule has 0 spiro atoms. The van der Waals surface area contributed by atoms with Gasteiger partial charge < -0.3 is 19.8 Å². The van der Waals surface area contributed by atoms with E-state index in [-0.39, 0.29) is 6.04 Å². The van der Waals surface area contributed by atoms with Crippen molar-refractivity contribution < 1.29 is 18.3 Å². The summed E-state index contributed by atoms with van der Waals surface area (Å²) in [7, 11) is 3.42. The lowest BCUT2D eigenvalue weighted by Crippen LogP contribution is -2.31. The van der Waals surface area contributed by atoms with Crippen LogP contribution in [0.25, 0.3) is 33.2 Å². The van der Waals surface area contributed by atoms with E-state index in [1.807, 2.05) is 31.4 Å². The van der Waals surface area contributed by atoms with E-state index in [1.54, 1.807) is 11.8 Å². The van der Waals surface area contributed by atoms with Gasteiger partial charge in [0.25, 0.3) is 0 Å². The van der Waals surface area contributed by atoms with Crippen LogP contribution in [0.15, 0.2) is 24.4 Å². The van der Waals surface area contributed by atoms with Gasteiger partial charge in [-0.05, 0) is 43.4 Å². The summed E-state index contributed by atoms with van der Waals surface area (Å²) in [5.41, 5.74) is 4.26. The fourth-order valence-electron chi connectivity index (χ4n) is 4.31. The Balaban J connectivity index is 1.41. The Morgan fingerprint density at radius 2 is 2.00 bits per heavy atom. The number of methoxy groups -OCH3 is 1. The first-order valence-electron chi connectivity index (χ1n) is 10.4. The number of nitrogens with one attached hydrogen (secondary N) is 2. The van der Waals surface area contributed by atoms with Crippen LogP contribution in [0.5, 0.6) is 5.88 Å². The molecule has 3 aromatic heterocycles. The number of nitrogens with zero attached hydrogens (tertiary/aromatic N) is 5. The monoisotopic (exact) mass is 443 g/mol. The Kier molecular flexibility index (Phi) is 5.33. The van der Waals surface area contributed by atoms with Crippen LogP contribution in [0.1, 0.15) is 25.7 Å². The quantitative estimate of drug-likeness (QED) is 0.466. The lowest BCUT2D eigenvalue weighted by atomic mass is 9.93. The van der Waals surface area contributed by atoms with Crippen molar-refractivity contribution in [1.82, 2.24) is 29.9 Å². The Hall–Kier alpha value is -3.34. The van der Waals surface area contributed by atoms with Gasteiger partial charge in [-0.25, -0.2) is 4.68 Å². The van der Waals surface area contributed by atoms with Crippen LogP contribution in [0.4, 0.5) is 14.7 Å². The van der Waals surface area contributed by atoms with E-state index < -0.39 is 12.7 Å². The molecule has 9 nitrogen and oxygen atoms in total. The lowest BCUT2D eigenvalue weighted by Gasteiger charge is -2.28. The van der Waals surface area contributed by atoms with Gasteiger partial charge in [-0.15, -0.1) is 5.10 Å². The average molecular weight is 443 g/mol. The molecule has 1 aliphatic rings. The highest BCUT2D eigenvalue weighted by Crippen LogP contribution is 2.35. The molecule has 168 valence electrons. The second-order valence-electron chi connectivity index (χ2n) is 7.91. The predicted octanol–water partition coefficient (Wildman–Crippen LogP) is 3.88. The van der Waals surface area contributed by atoms with Gasteiger partial charge in [0, 0.05) is 24.8 Å². The maximum Gasteiger partial charge on any atom is 0.345 e. The van der Waals surface area contributed by atoms with E-state index in [0.717, 1.165) is 27.5 Å². The zero-order chi connectivity index (χ0) is 22.2. The highest BCUT2D eigenvalue weighted by Gasteiger charge is 2.25. The van der Waals surface area contributed by atoms with E-state index in [0.29, 0.717) is 43.2 Å². The van der Waals surface area contributed by atoms with Gasteiger partial charge in [0.1, 0.15) is 11.2 Å². The van der Waals surface area contributed by atoms with Crippen molar-refractivity contribution in [3.63, 3.8) is 0 Å². The summed E-state index contributed by atoms with van der Waals surface area (Å²) in [5, 5.41) is 12.3. The summed E-state index contributed by atoms with van der Waals surface area (Å²) in [5.74, 6) is 0.888. The van der Waals surface area contributed by atoms with Gasteiger partial charge in [0.2, 0.25) is 11.8 Å². The molecule has 0 unspecified atom stereocenters. The van der Waals surface area contributed by atoms with E-state index in [4.69, 9.17) is 4.74 Å². The molecule has 4 aromatic rings. The molecule has 1 aliphatic carbocycles. The van der Waals surface area contributed by atoms with Gasteiger partial charge in [-0.1, -0.05) is 11.3 Å². The molecule has 0 aliphatic heterocycles. The molecule has 5 rings (SSSR count). The van der Waals surface area contributed by atoms with Crippen molar-refractivity contribution in [2.45, 2.75) is 44.4 Å². The molecular formula is C21H23F2N7O2. The summed E-state index contributed by atoms with van der Waals surface area (Å²) in [4.78, 5) is 12.4. The lowest BCUT2D eigenvalue weighted by molar-refractivity contribution is -0.169. The minimum absolute atomic E-state index is 0.0869. The predicted molar refractivity (Wildman–Crippen MR) is 115 cm³/mol. The van der Waals surface area contributed by atoms with Crippen molar-refractivity contribution in [1.29, 1.82) is 0 Å². The van der Waals surface area contributed by atoms with Crippen molar-refractivity contribution >= 4 is 28.0 Å². The van der Waals surface area contributed by atoms with Crippen LogP contribution in [-0.2, 0) is 11.8 Å². The van der Waals surface area contributed by atoms with E-state index >= 15 is 0 Å². The van der Waals surface area contributed by atoms with E-state index in [1.165, 1.54) is 0 Å². The molecule has 0 atom stereocenters. The SMILES string of the molecule is COc1nc(N[C@H]2CC[C@H](OC(F)F)CC2)nc2[nH]cc(-c3ccc4nnn(C)c4c3)c12. The molecule has 0 bridgehead atoms. The number of H-pyrrole nitrogens is 1. The molecule has 1 aromatic carbocycles. The molecule has 3 heterocycles. The first-order valence-corrected chi connectivity index (χ1v) is 10.4. The molecule has 0 radical (unpaired) electrons. The number of ether oxygens (including phenoxy) is 2. The third-order valence-electron chi connectivity index (χ3n) is 5.92. The number of halogens is 2. The third-order valence-corrected chi connectivity index (χ3v) is 5.92. The Labute approximate surface area is 182 Å². The molecule has 0 amide bonds. The summed E-state index contributed by atoms with van der Waals surface area (Å²) in [6.07, 6.45) is 4.03. The molecule has 11 heteroatoms. The first kappa shape index (κ1) is 20.6. The number of rotatable bonds is 6. The van der Waals surface area contributed by atoms with Gasteiger partial charge in [-0.2, -0.15) is 18.7 Å². The summed E-state index contributed by atoms with van der Waals surface area (Å²) < 4.78 is 36.8. The molecular weight excluding hydrogens is 420 g/mol. The van der Waals surface area contributed by atoms with E-state index in [9.17, 15) is 8.78 Å². The van der Waals surface area contributed by atoms with Crippen LogP contribution >= 0.6 is 0 Å². The van der Waals surface area contributed by atoms with E-state index in [2.05, 4.69) is 35.3 Å². The summed E-state index contributed by atoms with van der Waals surface area (Å²) >= 11 is 0. The number of benzene rings is 1. The van der Waals surface area contributed by atoms with Crippen LogP contribution < -0.4 is 10.1 Å². The number of aromatic nitrogens is 6. The Bertz CT molecular complexity index is 1250. The van der Waals surface area contributed by atoms with Gasteiger partial charge in [0.05, 0.1) is 24.1 Å². The Morgan fingerprint density at radius 3 is 2.75 bits per heavy atom. The van der Waals surface area contributed by atoms with Gasteiger partial charge >= 0.3 is 6.61 Å². The number of aryl methyl sites for hydroxylation is 1. The highest BCUT2D eigenvalue weighted by molar-refractivity contribution is 5.99. The van der Waals surface area contributed by atoms with Crippen molar-refractivity contribution in [3.05, 3.63) is 24.4 Å². The summed E-state index contributed by atoms with van der Waals surface area (Å²) in [6, 6.07) is 6.01. The van der Waals surface area contributed by atoms with Crippen molar-refractivity contribution in [2.75, 3.05) is 12.4 Å². The fourth-order valence-corrected chi connectivity index (χ4v) is 4.31. The topological polar surface area (TPSA) is 103 Å². The van der Waals surface area contributed by atoms with Crippen LogP contribution in [0.3, 0.4) is 0 Å². The molecule has 0 saturated heterocycles. The standard InChI is InChI=1S/C21H23F2N7O2/c1-30-16-9-11(3-8-15(16)28-29-30)14-10-24-18-17(14)19(31-2)27-21(26-18)25-12-4-6-13(7-5-12)32-20(22)23/h3,8-10,12-13,20H,4-7H2,1-2H3,(H2,24,25,26,27)/t12-,13-. The zero-order valence-corrected chi connectivity index (χ0v) is 17.7. The molecule has 32 heavy (non-hydrogen) atoms. The highest BCUT2D eigenvalue weighted by atomic mass is 19.3. The normalized spacial score (nSPS) is 19.2. The Morgan fingerprint density at radius 1 is 1.19 bits per heavy atom. The van der Waals surface area contributed by atoms with Gasteiger partial charge in [-0.3, -0.25) is 0 Å². The molecule has 2 N–H and O–H groups in total. The fraction of sp³-hybridized carbons (Fsp3) is 0.429. The zero-order valence-electron chi connectivity index (χ0n) is 17.7. The minimum atomic E-state index is -2.73. The number of alkyl halides is 2. The average Bonchev–Trinajstić information content (AvgIpc) is 3.37. The number of hydrogen-bond acceptors (Lipinski definition) is 7. The number of aromatic amines is 1. The molecule has 1 fully saturated rings. The second-order valence-corrected chi connectivity index (χ2v) is 7.91. The van der Waals surface area contributed by atoms with Crippen LogP contribution in [0, 0.1) is 0 Å². The maximum absolute atomic E-state index is 12.4. The first-order chi connectivity index (χ1) is 15.5. The van der Waals surface area contributed by atoms with Crippen molar-refractivity contribution in [3.8, 4) is 17.0 Å². The van der Waals surface area contributed by atoms with Gasteiger partial charge in [0.15, 0.2) is 0 Å². The maximum atomic E-state index is 12.4. The largest absolute Gasteiger partial charge is 0.480 e. The number of fused-ring (bicyclic) bond motifs is 2. The smallest absolute Gasteiger partial charge is 0.345 e. The molecule has 1 saturated carbocycles. The number of anilines is 1. The van der Waals surface area contributed by atoms with Crippen LogP contribution in [-0.4, -0.2) is 55.8 Å². The number of hydrogen-bond donors (Lipinski definition) is 2. The second kappa shape index (κ2) is 8.30. The summed E-state index contributed by atoms with van der Waals surface area (Å²) in [6.45, 7) is -2.73.